The van der Waals surface area contributed by atoms with Crippen LogP contribution >= 0.6 is 11.6 Å². The minimum Gasteiger partial charge on any atom is -0.504 e. The quantitative estimate of drug-likeness (QED) is 0.833. The van der Waals surface area contributed by atoms with E-state index in [1.807, 2.05) is 0 Å². The highest BCUT2D eigenvalue weighted by Crippen LogP contribution is 2.30. The van der Waals surface area contributed by atoms with Crippen LogP contribution in [0.5, 0.6) is 11.5 Å². The molecule has 0 aliphatic carbocycles. The summed E-state index contributed by atoms with van der Waals surface area (Å²) in [5.74, 6) is 1.30. The molecule has 1 aromatic carbocycles. The normalized spacial score (nSPS) is 10.4. The van der Waals surface area contributed by atoms with Crippen LogP contribution in [-0.2, 0) is 5.88 Å². The SMILES string of the molecule is COc1ccc(-c2noc(CCl)n2)cc1O. The number of halogens is 1. The fourth-order valence-corrected chi connectivity index (χ4v) is 1.36. The van der Waals surface area contributed by atoms with Crippen LogP contribution in [0.4, 0.5) is 0 Å². The van der Waals surface area contributed by atoms with Crippen LogP contribution in [0.3, 0.4) is 0 Å². The molecular formula is C10H9ClN2O3. The monoisotopic (exact) mass is 240 g/mol. The van der Waals surface area contributed by atoms with E-state index in [9.17, 15) is 5.11 Å². The summed E-state index contributed by atoms with van der Waals surface area (Å²) in [6.07, 6.45) is 0. The Morgan fingerprint density at radius 1 is 1.50 bits per heavy atom. The summed E-state index contributed by atoms with van der Waals surface area (Å²) >= 11 is 5.54. The number of phenolic OH excluding ortho intramolecular Hbond substituents is 1. The Kier molecular flexibility index (Phi) is 2.96. The molecule has 0 amide bonds. The number of aromatic nitrogens is 2. The fourth-order valence-electron chi connectivity index (χ4n) is 1.26. The van der Waals surface area contributed by atoms with Gasteiger partial charge >= 0.3 is 0 Å². The van der Waals surface area contributed by atoms with Crippen LogP contribution in [0.25, 0.3) is 11.4 Å². The number of aromatic hydroxyl groups is 1. The first-order chi connectivity index (χ1) is 7.74. The van der Waals surface area contributed by atoms with E-state index in [1.54, 1.807) is 12.1 Å². The van der Waals surface area contributed by atoms with Gasteiger partial charge in [0.05, 0.1) is 7.11 Å². The summed E-state index contributed by atoms with van der Waals surface area (Å²) in [4.78, 5) is 4.03. The molecule has 0 fully saturated rings. The Hall–Kier alpha value is -1.75. The maximum Gasteiger partial charge on any atom is 0.241 e. The molecule has 1 heterocycles. The molecule has 1 aromatic heterocycles. The Morgan fingerprint density at radius 2 is 2.31 bits per heavy atom. The molecular weight excluding hydrogens is 232 g/mol. The van der Waals surface area contributed by atoms with E-state index in [4.69, 9.17) is 20.9 Å². The van der Waals surface area contributed by atoms with Gasteiger partial charge in [0.15, 0.2) is 11.5 Å². The molecule has 0 aliphatic heterocycles. The van der Waals surface area contributed by atoms with E-state index >= 15 is 0 Å². The summed E-state index contributed by atoms with van der Waals surface area (Å²) in [5, 5.41) is 13.3. The third-order valence-corrected chi connectivity index (χ3v) is 2.25. The van der Waals surface area contributed by atoms with E-state index < -0.39 is 0 Å². The lowest BCUT2D eigenvalue weighted by atomic mass is 10.2. The Morgan fingerprint density at radius 3 is 2.88 bits per heavy atom. The first kappa shape index (κ1) is 10.8. The number of methoxy groups -OCH3 is 1. The van der Waals surface area contributed by atoms with Crippen LogP contribution in [0.15, 0.2) is 22.7 Å². The molecule has 0 bridgehead atoms. The van der Waals surface area contributed by atoms with Crippen molar-refractivity contribution in [2.45, 2.75) is 5.88 Å². The van der Waals surface area contributed by atoms with Gasteiger partial charge in [-0.1, -0.05) is 5.16 Å². The van der Waals surface area contributed by atoms with Crippen molar-refractivity contribution in [1.82, 2.24) is 10.1 Å². The van der Waals surface area contributed by atoms with Crippen LogP contribution in [0, 0.1) is 0 Å². The van der Waals surface area contributed by atoms with Crippen LogP contribution in [0.1, 0.15) is 5.89 Å². The average molecular weight is 241 g/mol. The number of phenols is 1. The van der Waals surface area contributed by atoms with Gasteiger partial charge in [0.2, 0.25) is 11.7 Å². The van der Waals surface area contributed by atoms with Gasteiger partial charge in [0, 0.05) is 5.56 Å². The van der Waals surface area contributed by atoms with Gasteiger partial charge in [0.25, 0.3) is 0 Å². The van der Waals surface area contributed by atoms with Gasteiger partial charge in [-0.05, 0) is 18.2 Å². The van der Waals surface area contributed by atoms with Gasteiger partial charge in [-0.15, -0.1) is 11.6 Å². The molecule has 0 spiro atoms. The van der Waals surface area contributed by atoms with Gasteiger partial charge in [-0.3, -0.25) is 0 Å². The minimum atomic E-state index is 0.0252. The summed E-state index contributed by atoms with van der Waals surface area (Å²) in [6, 6.07) is 4.85. The van der Waals surface area contributed by atoms with E-state index in [0.29, 0.717) is 23.0 Å². The van der Waals surface area contributed by atoms with Gasteiger partial charge in [-0.2, -0.15) is 4.98 Å². The summed E-state index contributed by atoms with van der Waals surface area (Å²) in [5.41, 5.74) is 0.637. The molecule has 6 heteroatoms. The highest BCUT2D eigenvalue weighted by Gasteiger charge is 2.10. The van der Waals surface area contributed by atoms with Crippen molar-refractivity contribution in [3.05, 3.63) is 24.1 Å². The molecule has 2 aromatic rings. The largest absolute Gasteiger partial charge is 0.504 e. The van der Waals surface area contributed by atoms with Crippen molar-refractivity contribution in [3.63, 3.8) is 0 Å². The predicted octanol–water partition coefficient (Wildman–Crippen LogP) is 2.19. The lowest BCUT2D eigenvalue weighted by Gasteiger charge is -2.03. The van der Waals surface area contributed by atoms with Gasteiger partial charge in [0.1, 0.15) is 5.88 Å². The van der Waals surface area contributed by atoms with E-state index in [0.717, 1.165) is 0 Å². The third-order valence-electron chi connectivity index (χ3n) is 2.02. The summed E-state index contributed by atoms with van der Waals surface area (Å²) in [6.45, 7) is 0. The predicted molar refractivity (Wildman–Crippen MR) is 57.5 cm³/mol. The van der Waals surface area contributed by atoms with E-state index in [1.165, 1.54) is 13.2 Å². The zero-order valence-electron chi connectivity index (χ0n) is 8.48. The number of hydrogen-bond donors (Lipinski definition) is 1. The second kappa shape index (κ2) is 4.40. The van der Waals surface area contributed by atoms with Crippen LogP contribution < -0.4 is 4.74 Å². The molecule has 0 saturated carbocycles. The summed E-state index contributed by atoms with van der Waals surface area (Å²) < 4.78 is 9.79. The highest BCUT2D eigenvalue weighted by atomic mass is 35.5. The molecule has 5 nitrogen and oxygen atoms in total. The standard InChI is InChI=1S/C10H9ClN2O3/c1-15-8-3-2-6(4-7(8)14)10-12-9(5-11)16-13-10/h2-4,14H,5H2,1H3. The Balaban J connectivity index is 2.37. The number of rotatable bonds is 3. The van der Waals surface area contributed by atoms with Gasteiger partial charge in [-0.25, -0.2) is 0 Å². The van der Waals surface area contributed by atoms with E-state index in [-0.39, 0.29) is 11.6 Å². The van der Waals surface area contributed by atoms with E-state index in [2.05, 4.69) is 10.1 Å². The topological polar surface area (TPSA) is 68.4 Å². The molecule has 0 aliphatic rings. The molecule has 1 N–H and O–H groups in total. The molecule has 2 rings (SSSR count). The maximum absolute atomic E-state index is 9.58. The Labute approximate surface area is 96.6 Å². The first-order valence-corrected chi connectivity index (χ1v) is 5.04. The van der Waals surface area contributed by atoms with Gasteiger partial charge < -0.3 is 14.4 Å². The molecule has 0 saturated heterocycles. The van der Waals surface area contributed by atoms with Crippen molar-refractivity contribution in [2.75, 3.05) is 7.11 Å². The van der Waals surface area contributed by atoms with Crippen molar-refractivity contribution < 1.29 is 14.4 Å². The first-order valence-electron chi connectivity index (χ1n) is 4.50. The second-order valence-corrected chi connectivity index (χ2v) is 3.30. The molecule has 0 atom stereocenters. The average Bonchev–Trinajstić information content (AvgIpc) is 2.77. The molecule has 0 unspecified atom stereocenters. The molecule has 16 heavy (non-hydrogen) atoms. The van der Waals surface area contributed by atoms with Crippen molar-refractivity contribution in [1.29, 1.82) is 0 Å². The number of hydrogen-bond acceptors (Lipinski definition) is 5. The van der Waals surface area contributed by atoms with Crippen molar-refractivity contribution >= 4 is 11.6 Å². The fraction of sp³-hybridized carbons (Fsp3) is 0.200. The lowest BCUT2D eigenvalue weighted by Crippen LogP contribution is -1.86. The van der Waals surface area contributed by atoms with Crippen LogP contribution in [0.2, 0.25) is 0 Å². The molecule has 0 radical (unpaired) electrons. The minimum absolute atomic E-state index is 0.0252. The van der Waals surface area contributed by atoms with Crippen molar-refractivity contribution in [3.8, 4) is 22.9 Å². The lowest BCUT2D eigenvalue weighted by molar-refractivity contribution is 0.373. The number of nitrogens with zero attached hydrogens (tertiary/aromatic N) is 2. The smallest absolute Gasteiger partial charge is 0.241 e. The van der Waals surface area contributed by atoms with Crippen LogP contribution in [-0.4, -0.2) is 22.4 Å². The summed E-state index contributed by atoms with van der Waals surface area (Å²) in [7, 11) is 1.48. The molecule has 84 valence electrons. The number of ether oxygens (including phenoxy) is 1. The van der Waals surface area contributed by atoms with Crippen molar-refractivity contribution in [2.24, 2.45) is 0 Å². The highest BCUT2D eigenvalue weighted by molar-refractivity contribution is 6.16. The second-order valence-electron chi connectivity index (χ2n) is 3.03. The maximum atomic E-state index is 9.58. The Bertz CT molecular complexity index is 499. The zero-order valence-corrected chi connectivity index (χ0v) is 9.23. The third kappa shape index (κ3) is 1.94. The number of benzene rings is 1. The number of alkyl halides is 1. The zero-order chi connectivity index (χ0) is 11.5.